The zero-order valence-corrected chi connectivity index (χ0v) is 17.2. The van der Waals surface area contributed by atoms with Crippen molar-refractivity contribution in [1.82, 2.24) is 14.7 Å². The normalized spacial score (nSPS) is 22.0. The molecular formula is C19H22N4O4S. The summed E-state index contributed by atoms with van der Waals surface area (Å²) in [4.78, 5) is 28.1. The van der Waals surface area contributed by atoms with Crippen LogP contribution in [0.5, 0.6) is 11.5 Å². The second-order valence-corrected chi connectivity index (χ2v) is 9.05. The van der Waals surface area contributed by atoms with E-state index in [0.29, 0.717) is 22.9 Å². The number of rotatable bonds is 4. The molecule has 2 amide bonds. The van der Waals surface area contributed by atoms with Gasteiger partial charge >= 0.3 is 0 Å². The number of thioether (sulfide) groups is 1. The van der Waals surface area contributed by atoms with E-state index in [2.05, 4.69) is 10.4 Å². The number of nitrogens with one attached hydrogen (secondary N) is 1. The van der Waals surface area contributed by atoms with Gasteiger partial charge in [-0.05, 0) is 19.9 Å². The average Bonchev–Trinajstić information content (AvgIpc) is 3.26. The summed E-state index contributed by atoms with van der Waals surface area (Å²) in [6, 6.07) is 4.74. The van der Waals surface area contributed by atoms with Crippen LogP contribution in [-0.2, 0) is 11.8 Å². The average molecular weight is 402 g/mol. The number of carbonyl (C=O) groups excluding carboxylic acids is 2. The van der Waals surface area contributed by atoms with E-state index >= 15 is 0 Å². The first-order valence-electron chi connectivity index (χ1n) is 8.84. The quantitative estimate of drug-likeness (QED) is 0.845. The summed E-state index contributed by atoms with van der Waals surface area (Å²) in [7, 11) is 4.82. The summed E-state index contributed by atoms with van der Waals surface area (Å²) in [5.41, 5.74) is 1.30. The third-order valence-electron chi connectivity index (χ3n) is 5.11. The first-order chi connectivity index (χ1) is 13.3. The molecule has 0 unspecified atom stereocenters. The zero-order chi connectivity index (χ0) is 20.2. The third kappa shape index (κ3) is 2.64. The van der Waals surface area contributed by atoms with E-state index in [1.807, 2.05) is 19.9 Å². The predicted octanol–water partition coefficient (Wildman–Crippen LogP) is 2.42. The molecule has 2 aliphatic heterocycles. The fourth-order valence-electron chi connectivity index (χ4n) is 3.93. The fraction of sp³-hybridized carbons (Fsp3) is 0.421. The highest BCUT2D eigenvalue weighted by atomic mass is 32.2. The van der Waals surface area contributed by atoms with Crippen molar-refractivity contribution in [2.75, 3.05) is 19.5 Å². The van der Waals surface area contributed by atoms with Gasteiger partial charge in [-0.3, -0.25) is 14.3 Å². The molecule has 0 bridgehead atoms. The number of amides is 2. The van der Waals surface area contributed by atoms with Crippen LogP contribution in [0.2, 0.25) is 0 Å². The number of ether oxygens (including phenoxy) is 2. The van der Waals surface area contributed by atoms with Gasteiger partial charge in [-0.1, -0.05) is 6.07 Å². The number of hydrogen-bond donors (Lipinski definition) is 1. The molecule has 9 heteroatoms. The van der Waals surface area contributed by atoms with Gasteiger partial charge in [-0.15, -0.1) is 11.8 Å². The molecule has 3 heterocycles. The second-order valence-electron chi connectivity index (χ2n) is 7.32. The predicted molar refractivity (Wildman–Crippen MR) is 106 cm³/mol. The Labute approximate surface area is 167 Å². The Morgan fingerprint density at radius 2 is 2.00 bits per heavy atom. The van der Waals surface area contributed by atoms with E-state index in [0.717, 1.165) is 5.56 Å². The molecule has 2 atom stereocenters. The monoisotopic (exact) mass is 402 g/mol. The summed E-state index contributed by atoms with van der Waals surface area (Å²) in [6.07, 6.45) is 1.75. The van der Waals surface area contributed by atoms with E-state index in [-0.39, 0.29) is 17.2 Å². The zero-order valence-electron chi connectivity index (χ0n) is 16.3. The summed E-state index contributed by atoms with van der Waals surface area (Å²) in [5.74, 6) is 0.872. The Morgan fingerprint density at radius 1 is 1.25 bits per heavy atom. The highest BCUT2D eigenvalue weighted by Crippen LogP contribution is 2.58. The Hall–Kier alpha value is -2.68. The van der Waals surface area contributed by atoms with E-state index in [1.165, 1.54) is 14.2 Å². The molecule has 4 rings (SSSR count). The van der Waals surface area contributed by atoms with Gasteiger partial charge in [0.25, 0.3) is 5.91 Å². The Kier molecular flexibility index (Phi) is 4.29. The van der Waals surface area contributed by atoms with Crippen LogP contribution in [0.1, 0.15) is 35.1 Å². The highest BCUT2D eigenvalue weighted by Gasteiger charge is 2.58. The molecule has 8 nitrogen and oxygen atoms in total. The van der Waals surface area contributed by atoms with Crippen molar-refractivity contribution in [2.45, 2.75) is 30.0 Å². The molecule has 1 fully saturated rings. The molecule has 28 heavy (non-hydrogen) atoms. The van der Waals surface area contributed by atoms with Gasteiger partial charge in [-0.2, -0.15) is 5.10 Å². The lowest BCUT2D eigenvalue weighted by Crippen LogP contribution is -2.50. The molecule has 1 saturated heterocycles. The Balaban J connectivity index is 1.73. The van der Waals surface area contributed by atoms with E-state index in [4.69, 9.17) is 9.47 Å². The molecule has 2 aliphatic rings. The maximum atomic E-state index is 13.4. The van der Waals surface area contributed by atoms with Crippen LogP contribution in [0.15, 0.2) is 24.4 Å². The maximum absolute atomic E-state index is 13.4. The van der Waals surface area contributed by atoms with Crippen LogP contribution in [0.25, 0.3) is 0 Å². The third-order valence-corrected chi connectivity index (χ3v) is 6.65. The van der Waals surface area contributed by atoms with Gasteiger partial charge < -0.3 is 19.7 Å². The standard InChI is InChI=1S/C19H22N4O4S/c1-19(2)15(16(24)20-12-8-9-22(3)21-12)23-17(25)13-10(18(23)28-19)6-7-11(26-4)14(13)27-5/h6-9,15,18H,1-5H3,(H,20,21,24)/t15-,18-/m1/s1. The van der Waals surface area contributed by atoms with Crippen LogP contribution in [-0.4, -0.2) is 51.5 Å². The molecule has 0 aliphatic carbocycles. The van der Waals surface area contributed by atoms with Crippen LogP contribution in [0.3, 0.4) is 0 Å². The summed E-state index contributed by atoms with van der Waals surface area (Å²) >= 11 is 1.59. The number of anilines is 1. The van der Waals surface area contributed by atoms with Crippen molar-refractivity contribution in [2.24, 2.45) is 7.05 Å². The minimum absolute atomic E-state index is 0.227. The summed E-state index contributed by atoms with van der Waals surface area (Å²) < 4.78 is 11.9. The van der Waals surface area contributed by atoms with Crippen molar-refractivity contribution in [3.63, 3.8) is 0 Å². The SMILES string of the molecule is COc1ccc2c(c1OC)C(=O)N1[C@@H]2SC(C)(C)[C@H]1C(=O)Nc1ccn(C)n1. The van der Waals surface area contributed by atoms with Gasteiger partial charge in [0.2, 0.25) is 5.91 Å². The Bertz CT molecular complexity index is 971. The van der Waals surface area contributed by atoms with Gasteiger partial charge in [0.1, 0.15) is 11.4 Å². The number of fused-ring (bicyclic) bond motifs is 3. The number of methoxy groups -OCH3 is 2. The molecule has 1 aromatic heterocycles. The number of aromatic nitrogens is 2. The van der Waals surface area contributed by atoms with Crippen LogP contribution in [0.4, 0.5) is 5.82 Å². The fourth-order valence-corrected chi connectivity index (χ4v) is 5.51. The molecular weight excluding hydrogens is 380 g/mol. The van der Waals surface area contributed by atoms with Gasteiger partial charge in [-0.25, -0.2) is 0 Å². The van der Waals surface area contributed by atoms with Gasteiger partial charge in [0, 0.05) is 29.6 Å². The first kappa shape index (κ1) is 18.7. The van der Waals surface area contributed by atoms with Crippen molar-refractivity contribution in [1.29, 1.82) is 0 Å². The lowest BCUT2D eigenvalue weighted by Gasteiger charge is -2.29. The molecule has 148 valence electrons. The second kappa shape index (κ2) is 6.44. The minimum atomic E-state index is -0.653. The van der Waals surface area contributed by atoms with Crippen molar-refractivity contribution < 1.29 is 19.1 Å². The Morgan fingerprint density at radius 3 is 2.61 bits per heavy atom. The van der Waals surface area contributed by atoms with Crippen molar-refractivity contribution in [3.8, 4) is 11.5 Å². The number of nitrogens with zero attached hydrogens (tertiary/aromatic N) is 3. The lowest BCUT2D eigenvalue weighted by atomic mass is 10.0. The summed E-state index contributed by atoms with van der Waals surface area (Å²) in [5, 5.41) is 6.79. The lowest BCUT2D eigenvalue weighted by molar-refractivity contribution is -0.121. The number of carbonyl (C=O) groups is 2. The smallest absolute Gasteiger partial charge is 0.260 e. The van der Waals surface area contributed by atoms with Gasteiger partial charge in [0.15, 0.2) is 17.3 Å². The number of hydrogen-bond acceptors (Lipinski definition) is 6. The molecule has 2 aromatic rings. The highest BCUT2D eigenvalue weighted by molar-refractivity contribution is 8.01. The summed E-state index contributed by atoms with van der Waals surface area (Å²) in [6.45, 7) is 3.96. The maximum Gasteiger partial charge on any atom is 0.260 e. The largest absolute Gasteiger partial charge is 0.493 e. The number of aryl methyl sites for hydroxylation is 1. The molecule has 0 radical (unpaired) electrons. The number of benzene rings is 1. The van der Waals surface area contributed by atoms with E-state index in [1.54, 1.807) is 46.7 Å². The molecule has 1 aromatic carbocycles. The first-order valence-corrected chi connectivity index (χ1v) is 9.72. The van der Waals surface area contributed by atoms with Crippen molar-refractivity contribution in [3.05, 3.63) is 35.5 Å². The molecule has 1 N–H and O–H groups in total. The van der Waals surface area contributed by atoms with E-state index < -0.39 is 10.8 Å². The minimum Gasteiger partial charge on any atom is -0.493 e. The van der Waals surface area contributed by atoms with Crippen LogP contribution < -0.4 is 14.8 Å². The molecule has 0 saturated carbocycles. The van der Waals surface area contributed by atoms with Crippen molar-refractivity contribution >= 4 is 29.4 Å². The molecule has 0 spiro atoms. The van der Waals surface area contributed by atoms with Crippen LogP contribution in [0, 0.1) is 0 Å². The van der Waals surface area contributed by atoms with Gasteiger partial charge in [0.05, 0.1) is 19.8 Å². The van der Waals surface area contributed by atoms with Crippen LogP contribution >= 0.6 is 11.8 Å². The topological polar surface area (TPSA) is 85.7 Å². The van der Waals surface area contributed by atoms with E-state index in [9.17, 15) is 9.59 Å².